The molecule has 1 heterocycles. The standard InChI is InChI=1S/C13H12F3NO/c14-13(15,16)7-4-5-11-10(6-7)8-2-1-3-9(8)12(18)17-11/h4-6,8-9H,1-3H2,(H,17,18). The van der Waals surface area contributed by atoms with Gasteiger partial charge in [0.2, 0.25) is 5.91 Å². The summed E-state index contributed by atoms with van der Waals surface area (Å²) in [5.74, 6) is -0.248. The molecule has 0 radical (unpaired) electrons. The van der Waals surface area contributed by atoms with Crippen LogP contribution in [0.3, 0.4) is 0 Å². The van der Waals surface area contributed by atoms with Crippen LogP contribution in [0.15, 0.2) is 18.2 Å². The van der Waals surface area contributed by atoms with Crippen LogP contribution in [0.5, 0.6) is 0 Å². The number of alkyl halides is 3. The average Bonchev–Trinajstić information content (AvgIpc) is 2.77. The van der Waals surface area contributed by atoms with Crippen LogP contribution in [0.1, 0.15) is 36.3 Å². The van der Waals surface area contributed by atoms with Crippen LogP contribution in [0.2, 0.25) is 0 Å². The van der Waals surface area contributed by atoms with Crippen molar-refractivity contribution in [3.63, 3.8) is 0 Å². The summed E-state index contributed by atoms with van der Waals surface area (Å²) >= 11 is 0. The molecule has 1 aliphatic heterocycles. The molecule has 1 saturated carbocycles. The molecule has 0 aromatic heterocycles. The van der Waals surface area contributed by atoms with Crippen molar-refractivity contribution in [2.24, 2.45) is 5.92 Å². The Morgan fingerprint density at radius 3 is 2.61 bits per heavy atom. The van der Waals surface area contributed by atoms with E-state index >= 15 is 0 Å². The minimum Gasteiger partial charge on any atom is -0.326 e. The molecule has 2 unspecified atom stereocenters. The van der Waals surface area contributed by atoms with Crippen molar-refractivity contribution in [3.8, 4) is 0 Å². The van der Waals surface area contributed by atoms with Gasteiger partial charge in [0.1, 0.15) is 0 Å². The second-order valence-corrected chi connectivity index (χ2v) is 4.93. The highest BCUT2D eigenvalue weighted by molar-refractivity contribution is 5.97. The fourth-order valence-electron chi connectivity index (χ4n) is 3.03. The van der Waals surface area contributed by atoms with E-state index in [0.717, 1.165) is 25.3 Å². The molecule has 1 aromatic carbocycles. The van der Waals surface area contributed by atoms with Gasteiger partial charge in [-0.1, -0.05) is 6.42 Å². The molecule has 2 atom stereocenters. The van der Waals surface area contributed by atoms with Gasteiger partial charge in [-0.25, -0.2) is 0 Å². The first-order chi connectivity index (χ1) is 8.47. The number of benzene rings is 1. The minimum atomic E-state index is -4.33. The zero-order valence-electron chi connectivity index (χ0n) is 9.55. The number of halogens is 3. The molecule has 3 rings (SSSR count). The summed E-state index contributed by atoms with van der Waals surface area (Å²) in [6.07, 6.45) is -1.86. The largest absolute Gasteiger partial charge is 0.416 e. The number of anilines is 1. The molecule has 18 heavy (non-hydrogen) atoms. The molecular formula is C13H12F3NO. The van der Waals surface area contributed by atoms with E-state index in [1.165, 1.54) is 12.1 Å². The topological polar surface area (TPSA) is 29.1 Å². The first kappa shape index (κ1) is 11.6. The Morgan fingerprint density at radius 1 is 1.17 bits per heavy atom. The highest BCUT2D eigenvalue weighted by atomic mass is 19.4. The van der Waals surface area contributed by atoms with E-state index in [4.69, 9.17) is 0 Å². The van der Waals surface area contributed by atoms with E-state index in [9.17, 15) is 18.0 Å². The van der Waals surface area contributed by atoms with Crippen LogP contribution in [-0.4, -0.2) is 5.91 Å². The van der Waals surface area contributed by atoms with Gasteiger partial charge < -0.3 is 5.32 Å². The summed E-state index contributed by atoms with van der Waals surface area (Å²) in [6, 6.07) is 3.58. The quantitative estimate of drug-likeness (QED) is 0.754. The molecule has 0 bridgehead atoms. The van der Waals surface area contributed by atoms with Gasteiger partial charge in [-0.15, -0.1) is 0 Å². The maximum atomic E-state index is 12.7. The fourth-order valence-corrected chi connectivity index (χ4v) is 3.03. The van der Waals surface area contributed by atoms with E-state index < -0.39 is 11.7 Å². The highest BCUT2D eigenvalue weighted by Crippen LogP contribution is 2.47. The Labute approximate surface area is 102 Å². The summed E-state index contributed by atoms with van der Waals surface area (Å²) < 4.78 is 38.1. The van der Waals surface area contributed by atoms with Crippen LogP contribution in [0, 0.1) is 5.92 Å². The van der Waals surface area contributed by atoms with Crippen LogP contribution >= 0.6 is 0 Å². The maximum absolute atomic E-state index is 12.7. The number of amides is 1. The van der Waals surface area contributed by atoms with Gasteiger partial charge in [-0.05, 0) is 42.5 Å². The number of hydrogen-bond acceptors (Lipinski definition) is 1. The monoisotopic (exact) mass is 255 g/mol. The van der Waals surface area contributed by atoms with Crippen LogP contribution in [0.25, 0.3) is 0 Å². The number of hydrogen-bond donors (Lipinski definition) is 1. The number of carbonyl (C=O) groups excluding carboxylic acids is 1. The van der Waals surface area contributed by atoms with Crippen molar-refractivity contribution in [2.75, 3.05) is 5.32 Å². The normalized spacial score (nSPS) is 26.5. The molecule has 96 valence electrons. The van der Waals surface area contributed by atoms with Crippen molar-refractivity contribution >= 4 is 11.6 Å². The molecule has 5 heteroatoms. The van der Waals surface area contributed by atoms with Crippen LogP contribution < -0.4 is 5.32 Å². The lowest BCUT2D eigenvalue weighted by Gasteiger charge is -2.28. The molecule has 0 saturated heterocycles. The van der Waals surface area contributed by atoms with Crippen LogP contribution in [0.4, 0.5) is 18.9 Å². The highest BCUT2D eigenvalue weighted by Gasteiger charge is 2.40. The molecule has 2 aliphatic rings. The van der Waals surface area contributed by atoms with Gasteiger partial charge in [0.15, 0.2) is 0 Å². The van der Waals surface area contributed by atoms with Gasteiger partial charge >= 0.3 is 6.18 Å². The summed E-state index contributed by atoms with van der Waals surface area (Å²) in [4.78, 5) is 11.8. The van der Waals surface area contributed by atoms with Gasteiger partial charge in [0.05, 0.1) is 5.56 Å². The molecule has 1 fully saturated rings. The number of nitrogens with one attached hydrogen (secondary N) is 1. The minimum absolute atomic E-state index is 0.0453. The molecular weight excluding hydrogens is 243 g/mol. The number of fused-ring (bicyclic) bond motifs is 3. The zero-order valence-corrected chi connectivity index (χ0v) is 9.55. The molecule has 1 N–H and O–H groups in total. The lowest BCUT2D eigenvalue weighted by Crippen LogP contribution is -2.30. The average molecular weight is 255 g/mol. The van der Waals surface area contributed by atoms with E-state index in [2.05, 4.69) is 5.32 Å². The molecule has 2 nitrogen and oxygen atoms in total. The van der Waals surface area contributed by atoms with E-state index in [1.807, 2.05) is 0 Å². The third-order valence-electron chi connectivity index (χ3n) is 3.89. The van der Waals surface area contributed by atoms with Crippen molar-refractivity contribution in [2.45, 2.75) is 31.4 Å². The Bertz CT molecular complexity index is 509. The second kappa shape index (κ2) is 3.73. The Morgan fingerprint density at radius 2 is 1.89 bits per heavy atom. The fraction of sp³-hybridized carbons (Fsp3) is 0.462. The lowest BCUT2D eigenvalue weighted by atomic mass is 9.83. The molecule has 1 aromatic rings. The molecule has 0 spiro atoms. The number of rotatable bonds is 0. The van der Waals surface area contributed by atoms with Crippen LogP contribution in [-0.2, 0) is 11.0 Å². The van der Waals surface area contributed by atoms with E-state index in [1.54, 1.807) is 0 Å². The molecule has 1 aliphatic carbocycles. The van der Waals surface area contributed by atoms with Crippen molar-refractivity contribution in [1.82, 2.24) is 0 Å². The predicted octanol–water partition coefficient (Wildman–Crippen LogP) is 3.54. The van der Waals surface area contributed by atoms with Crippen molar-refractivity contribution in [3.05, 3.63) is 29.3 Å². The molecule has 1 amide bonds. The van der Waals surface area contributed by atoms with Gasteiger partial charge in [0.25, 0.3) is 0 Å². The smallest absolute Gasteiger partial charge is 0.326 e. The number of carbonyl (C=O) groups is 1. The second-order valence-electron chi connectivity index (χ2n) is 4.93. The first-order valence-corrected chi connectivity index (χ1v) is 5.99. The third kappa shape index (κ3) is 1.69. The SMILES string of the molecule is O=C1Nc2ccc(C(F)(F)F)cc2C2CCCC12. The zero-order chi connectivity index (χ0) is 12.9. The van der Waals surface area contributed by atoms with Gasteiger partial charge in [-0.2, -0.15) is 13.2 Å². The van der Waals surface area contributed by atoms with E-state index in [0.29, 0.717) is 11.3 Å². The Balaban J connectivity index is 2.08. The summed E-state index contributed by atoms with van der Waals surface area (Å²) in [7, 11) is 0. The van der Waals surface area contributed by atoms with Crippen molar-refractivity contribution < 1.29 is 18.0 Å². The Hall–Kier alpha value is -1.52. The summed E-state index contributed by atoms with van der Waals surface area (Å²) in [5.41, 5.74) is 0.547. The Kier molecular flexibility index (Phi) is 2.40. The van der Waals surface area contributed by atoms with E-state index in [-0.39, 0.29) is 17.7 Å². The van der Waals surface area contributed by atoms with Gasteiger partial charge in [-0.3, -0.25) is 4.79 Å². The summed E-state index contributed by atoms with van der Waals surface area (Å²) in [6.45, 7) is 0. The summed E-state index contributed by atoms with van der Waals surface area (Å²) in [5, 5.41) is 2.70. The predicted molar refractivity (Wildman–Crippen MR) is 60.2 cm³/mol. The van der Waals surface area contributed by atoms with Crippen molar-refractivity contribution in [1.29, 1.82) is 0 Å². The first-order valence-electron chi connectivity index (χ1n) is 5.99. The van der Waals surface area contributed by atoms with Gasteiger partial charge in [0, 0.05) is 11.6 Å². The third-order valence-corrected chi connectivity index (χ3v) is 3.89. The lowest BCUT2D eigenvalue weighted by molar-refractivity contribution is -0.137. The maximum Gasteiger partial charge on any atom is 0.416 e.